The first-order valence-electron chi connectivity index (χ1n) is 6.92. The molecule has 0 aromatic heterocycles. The molecule has 0 saturated heterocycles. The number of alkyl halides is 3. The van der Waals surface area contributed by atoms with Crippen LogP contribution in [0.4, 0.5) is 17.6 Å². The average molecular weight is 304 g/mol. The van der Waals surface area contributed by atoms with Crippen LogP contribution in [0.1, 0.15) is 48.0 Å². The summed E-state index contributed by atoms with van der Waals surface area (Å²) < 4.78 is 56.5. The van der Waals surface area contributed by atoms with Gasteiger partial charge in [-0.2, -0.15) is 13.2 Å². The lowest BCUT2D eigenvalue weighted by molar-refractivity contribution is -0.140. The minimum atomic E-state index is -4.83. The Kier molecular flexibility index (Phi) is 4.85. The van der Waals surface area contributed by atoms with Crippen molar-refractivity contribution < 1.29 is 27.1 Å². The quantitative estimate of drug-likeness (QED) is 0.603. The van der Waals surface area contributed by atoms with Crippen molar-refractivity contribution in [3.8, 4) is 0 Å². The van der Waals surface area contributed by atoms with Gasteiger partial charge < -0.3 is 4.74 Å². The molecule has 0 amide bonds. The van der Waals surface area contributed by atoms with Gasteiger partial charge in [0.2, 0.25) is 0 Å². The molecular formula is C15H16F4O2. The SMILES string of the molecule is O=C(OCC1CCCCC1)c1cccc(C(F)(F)F)c1F. The van der Waals surface area contributed by atoms with E-state index in [-0.39, 0.29) is 12.5 Å². The molecule has 1 aliphatic rings. The second-order valence-electron chi connectivity index (χ2n) is 5.27. The number of carbonyl (C=O) groups is 1. The van der Waals surface area contributed by atoms with Crippen LogP contribution in [0.5, 0.6) is 0 Å². The van der Waals surface area contributed by atoms with Crippen LogP contribution in [0.3, 0.4) is 0 Å². The Morgan fingerprint density at radius 2 is 1.86 bits per heavy atom. The molecule has 1 aromatic rings. The van der Waals surface area contributed by atoms with Gasteiger partial charge in [0, 0.05) is 0 Å². The molecule has 0 spiro atoms. The fourth-order valence-electron chi connectivity index (χ4n) is 2.53. The third-order valence-corrected chi connectivity index (χ3v) is 3.70. The Balaban J connectivity index is 2.05. The Labute approximate surface area is 120 Å². The molecule has 0 bridgehead atoms. The van der Waals surface area contributed by atoms with Crippen molar-refractivity contribution in [1.29, 1.82) is 0 Å². The van der Waals surface area contributed by atoms with E-state index in [1.54, 1.807) is 0 Å². The second kappa shape index (κ2) is 6.45. The third kappa shape index (κ3) is 3.95. The lowest BCUT2D eigenvalue weighted by Gasteiger charge is -2.21. The predicted molar refractivity (Wildman–Crippen MR) is 68.3 cm³/mol. The van der Waals surface area contributed by atoms with Gasteiger partial charge in [-0.1, -0.05) is 25.3 Å². The summed E-state index contributed by atoms with van der Waals surface area (Å²) >= 11 is 0. The highest BCUT2D eigenvalue weighted by atomic mass is 19.4. The first-order valence-corrected chi connectivity index (χ1v) is 6.92. The maximum Gasteiger partial charge on any atom is 0.419 e. The van der Waals surface area contributed by atoms with E-state index in [9.17, 15) is 22.4 Å². The van der Waals surface area contributed by atoms with Crippen molar-refractivity contribution >= 4 is 5.97 Å². The van der Waals surface area contributed by atoms with E-state index in [1.165, 1.54) is 0 Å². The standard InChI is InChI=1S/C15H16F4O2/c16-13-11(7-4-8-12(13)15(17,18)19)14(20)21-9-10-5-2-1-3-6-10/h4,7-8,10H,1-3,5-6,9H2. The number of benzene rings is 1. The highest BCUT2D eigenvalue weighted by Gasteiger charge is 2.36. The molecule has 1 saturated carbocycles. The normalized spacial score (nSPS) is 16.8. The van der Waals surface area contributed by atoms with Crippen LogP contribution < -0.4 is 0 Å². The molecule has 0 aliphatic heterocycles. The van der Waals surface area contributed by atoms with Crippen LogP contribution >= 0.6 is 0 Å². The molecule has 0 unspecified atom stereocenters. The number of hydrogen-bond donors (Lipinski definition) is 0. The predicted octanol–water partition coefficient (Wildman–Crippen LogP) is 4.58. The van der Waals surface area contributed by atoms with Gasteiger partial charge in [-0.25, -0.2) is 9.18 Å². The average Bonchev–Trinajstić information content (AvgIpc) is 2.45. The van der Waals surface area contributed by atoms with Gasteiger partial charge in [0.25, 0.3) is 0 Å². The lowest BCUT2D eigenvalue weighted by Crippen LogP contribution is -2.19. The molecule has 116 valence electrons. The Hall–Kier alpha value is -1.59. The van der Waals surface area contributed by atoms with E-state index in [2.05, 4.69) is 0 Å². The van der Waals surface area contributed by atoms with E-state index < -0.39 is 29.1 Å². The number of esters is 1. The zero-order valence-electron chi connectivity index (χ0n) is 11.4. The maximum atomic E-state index is 13.8. The first-order chi connectivity index (χ1) is 9.89. The minimum absolute atomic E-state index is 0.133. The largest absolute Gasteiger partial charge is 0.462 e. The Morgan fingerprint density at radius 3 is 2.48 bits per heavy atom. The number of carbonyl (C=O) groups excluding carboxylic acids is 1. The van der Waals surface area contributed by atoms with Gasteiger partial charge in [-0.3, -0.25) is 0 Å². The maximum absolute atomic E-state index is 13.8. The fourth-order valence-corrected chi connectivity index (χ4v) is 2.53. The molecular weight excluding hydrogens is 288 g/mol. The van der Waals surface area contributed by atoms with Crippen LogP contribution in [-0.2, 0) is 10.9 Å². The van der Waals surface area contributed by atoms with Gasteiger partial charge in [0.1, 0.15) is 5.82 Å². The molecule has 21 heavy (non-hydrogen) atoms. The molecule has 2 nitrogen and oxygen atoms in total. The van der Waals surface area contributed by atoms with Crippen molar-refractivity contribution in [2.24, 2.45) is 5.92 Å². The van der Waals surface area contributed by atoms with Crippen molar-refractivity contribution in [3.05, 3.63) is 35.1 Å². The zero-order chi connectivity index (χ0) is 15.5. The number of ether oxygens (including phenoxy) is 1. The summed E-state index contributed by atoms with van der Waals surface area (Å²) in [5, 5.41) is 0. The van der Waals surface area contributed by atoms with Crippen molar-refractivity contribution in [2.45, 2.75) is 38.3 Å². The number of rotatable bonds is 3. The van der Waals surface area contributed by atoms with Crippen molar-refractivity contribution in [3.63, 3.8) is 0 Å². The van der Waals surface area contributed by atoms with Gasteiger partial charge >= 0.3 is 12.1 Å². The smallest absolute Gasteiger partial charge is 0.419 e. The van der Waals surface area contributed by atoms with E-state index in [0.717, 1.165) is 44.2 Å². The number of hydrogen-bond acceptors (Lipinski definition) is 2. The van der Waals surface area contributed by atoms with Gasteiger partial charge in [0.15, 0.2) is 0 Å². The summed E-state index contributed by atoms with van der Waals surface area (Å²) in [5.74, 6) is -2.39. The second-order valence-corrected chi connectivity index (χ2v) is 5.27. The van der Waals surface area contributed by atoms with Crippen LogP contribution in [0.15, 0.2) is 18.2 Å². The van der Waals surface area contributed by atoms with Gasteiger partial charge in [-0.15, -0.1) is 0 Å². The third-order valence-electron chi connectivity index (χ3n) is 3.70. The number of halogens is 4. The minimum Gasteiger partial charge on any atom is -0.462 e. The van der Waals surface area contributed by atoms with E-state index >= 15 is 0 Å². The summed E-state index contributed by atoms with van der Waals surface area (Å²) in [6.45, 7) is 0.133. The zero-order valence-corrected chi connectivity index (χ0v) is 11.4. The Bertz CT molecular complexity index is 505. The highest BCUT2D eigenvalue weighted by Crippen LogP contribution is 2.32. The summed E-state index contributed by atoms with van der Waals surface area (Å²) in [4.78, 5) is 11.8. The first kappa shape index (κ1) is 15.8. The van der Waals surface area contributed by atoms with Crippen LogP contribution in [0, 0.1) is 11.7 Å². The Morgan fingerprint density at radius 1 is 1.19 bits per heavy atom. The van der Waals surface area contributed by atoms with E-state index in [1.807, 2.05) is 0 Å². The van der Waals surface area contributed by atoms with Crippen LogP contribution in [-0.4, -0.2) is 12.6 Å². The van der Waals surface area contributed by atoms with Crippen LogP contribution in [0.25, 0.3) is 0 Å². The molecule has 0 radical (unpaired) electrons. The van der Waals surface area contributed by atoms with Crippen LogP contribution in [0.2, 0.25) is 0 Å². The molecule has 1 fully saturated rings. The monoisotopic (exact) mass is 304 g/mol. The topological polar surface area (TPSA) is 26.3 Å². The fraction of sp³-hybridized carbons (Fsp3) is 0.533. The molecule has 0 heterocycles. The lowest BCUT2D eigenvalue weighted by atomic mass is 9.90. The van der Waals surface area contributed by atoms with E-state index in [0.29, 0.717) is 6.07 Å². The molecule has 2 rings (SSSR count). The summed E-state index contributed by atoms with van der Waals surface area (Å²) in [6.07, 6.45) is 0.285. The van der Waals surface area contributed by atoms with E-state index in [4.69, 9.17) is 4.74 Å². The van der Waals surface area contributed by atoms with Gasteiger partial charge in [0.05, 0.1) is 17.7 Å². The molecule has 6 heteroatoms. The molecule has 0 N–H and O–H groups in total. The molecule has 1 aromatic carbocycles. The van der Waals surface area contributed by atoms with Crippen molar-refractivity contribution in [1.82, 2.24) is 0 Å². The highest BCUT2D eigenvalue weighted by molar-refractivity contribution is 5.90. The summed E-state index contributed by atoms with van der Waals surface area (Å²) in [6, 6.07) is 2.62. The molecule has 0 atom stereocenters. The van der Waals surface area contributed by atoms with Crippen molar-refractivity contribution in [2.75, 3.05) is 6.61 Å². The summed E-state index contributed by atoms with van der Waals surface area (Å²) in [5.41, 5.74) is -2.12. The summed E-state index contributed by atoms with van der Waals surface area (Å²) in [7, 11) is 0. The van der Waals surface area contributed by atoms with Gasteiger partial charge in [-0.05, 0) is 30.9 Å². The molecule has 1 aliphatic carbocycles.